The van der Waals surface area contributed by atoms with Gasteiger partial charge in [0.25, 0.3) is 0 Å². The lowest BCUT2D eigenvalue weighted by Gasteiger charge is -2.49. The lowest BCUT2D eigenvalue weighted by atomic mass is 9.55. The van der Waals surface area contributed by atoms with Gasteiger partial charge in [-0.05, 0) is 105 Å². The maximum atomic E-state index is 12.2. The van der Waals surface area contributed by atoms with Crippen LogP contribution >= 0.6 is 0 Å². The van der Waals surface area contributed by atoms with Gasteiger partial charge in [0.2, 0.25) is 5.91 Å². The monoisotopic (exact) mass is 455 g/mol. The SMILES string of the molecule is CC[C@@H](C)C[C@H]1O[C@]2(CC[C@@H]3C(=C(C)C2)C[C@H]2[C@H]3CC[C@@H]3CNC(=O)CC[C@@]32C)[C@H](C)[C@@H]1C. The van der Waals surface area contributed by atoms with E-state index >= 15 is 0 Å². The topological polar surface area (TPSA) is 38.3 Å². The van der Waals surface area contributed by atoms with Crippen LogP contribution in [0.3, 0.4) is 0 Å². The minimum Gasteiger partial charge on any atom is -0.371 e. The van der Waals surface area contributed by atoms with Gasteiger partial charge in [-0.3, -0.25) is 4.79 Å². The molecule has 2 saturated carbocycles. The van der Waals surface area contributed by atoms with E-state index in [0.29, 0.717) is 29.3 Å². The summed E-state index contributed by atoms with van der Waals surface area (Å²) in [4.78, 5) is 12.2. The van der Waals surface area contributed by atoms with Gasteiger partial charge in [-0.1, -0.05) is 52.2 Å². The highest BCUT2D eigenvalue weighted by Gasteiger charge is 2.58. The van der Waals surface area contributed by atoms with Crippen LogP contribution < -0.4 is 5.32 Å². The van der Waals surface area contributed by atoms with Gasteiger partial charge >= 0.3 is 0 Å². The summed E-state index contributed by atoms with van der Waals surface area (Å²) < 4.78 is 7.09. The van der Waals surface area contributed by atoms with Crippen LogP contribution in [0.15, 0.2) is 11.1 Å². The number of ether oxygens (including phenoxy) is 1. The van der Waals surface area contributed by atoms with Crippen molar-refractivity contribution in [2.75, 3.05) is 6.54 Å². The van der Waals surface area contributed by atoms with Crippen LogP contribution in [0.5, 0.6) is 0 Å². The predicted molar refractivity (Wildman–Crippen MR) is 135 cm³/mol. The molecule has 3 nitrogen and oxygen atoms in total. The third-order valence-corrected chi connectivity index (χ3v) is 11.9. The molecule has 1 spiro atoms. The number of rotatable bonds is 3. The highest BCUT2D eigenvalue weighted by Crippen LogP contribution is 2.63. The van der Waals surface area contributed by atoms with Crippen LogP contribution in [0.2, 0.25) is 0 Å². The van der Waals surface area contributed by atoms with E-state index in [1.165, 1.54) is 44.9 Å². The first kappa shape index (κ1) is 23.9. The summed E-state index contributed by atoms with van der Waals surface area (Å²) in [6.07, 6.45) is 12.4. The maximum absolute atomic E-state index is 12.2. The van der Waals surface area contributed by atoms with Crippen molar-refractivity contribution in [1.29, 1.82) is 0 Å². The first-order valence-electron chi connectivity index (χ1n) is 14.3. The molecule has 2 heterocycles. The van der Waals surface area contributed by atoms with E-state index in [4.69, 9.17) is 4.74 Å². The zero-order valence-electron chi connectivity index (χ0n) is 22.2. The average molecular weight is 456 g/mol. The summed E-state index contributed by atoms with van der Waals surface area (Å²) in [5.41, 5.74) is 3.86. The molecule has 33 heavy (non-hydrogen) atoms. The lowest BCUT2D eigenvalue weighted by molar-refractivity contribution is -0.121. The number of hydrogen-bond donors (Lipinski definition) is 1. The van der Waals surface area contributed by atoms with Crippen molar-refractivity contribution in [3.8, 4) is 0 Å². The van der Waals surface area contributed by atoms with Crippen molar-refractivity contribution in [2.24, 2.45) is 46.8 Å². The second kappa shape index (κ2) is 8.68. The Balaban J connectivity index is 1.39. The number of fused-ring (bicyclic) bond motifs is 5. The van der Waals surface area contributed by atoms with Gasteiger partial charge in [-0.15, -0.1) is 0 Å². The predicted octanol–water partition coefficient (Wildman–Crippen LogP) is 6.91. The van der Waals surface area contributed by atoms with Crippen molar-refractivity contribution in [3.63, 3.8) is 0 Å². The third-order valence-electron chi connectivity index (χ3n) is 11.9. The number of allylic oxidation sites excluding steroid dienone is 1. The van der Waals surface area contributed by atoms with E-state index < -0.39 is 0 Å². The lowest BCUT2D eigenvalue weighted by Crippen LogP contribution is -2.45. The molecule has 0 aromatic rings. The molecule has 10 atom stereocenters. The molecule has 4 fully saturated rings. The van der Waals surface area contributed by atoms with Gasteiger partial charge in [0.15, 0.2) is 0 Å². The van der Waals surface area contributed by atoms with Crippen LogP contribution in [-0.4, -0.2) is 24.2 Å². The zero-order valence-corrected chi connectivity index (χ0v) is 22.2. The molecule has 3 aliphatic carbocycles. The number of nitrogens with one attached hydrogen (secondary N) is 1. The Morgan fingerprint density at radius 2 is 1.97 bits per heavy atom. The van der Waals surface area contributed by atoms with Crippen molar-refractivity contribution in [2.45, 2.75) is 117 Å². The van der Waals surface area contributed by atoms with Gasteiger partial charge in [0, 0.05) is 13.0 Å². The largest absolute Gasteiger partial charge is 0.371 e. The smallest absolute Gasteiger partial charge is 0.220 e. The van der Waals surface area contributed by atoms with Crippen LogP contribution in [0, 0.1) is 46.8 Å². The Bertz CT molecular complexity index is 803. The summed E-state index contributed by atoms with van der Waals surface area (Å²) in [7, 11) is 0. The molecular weight excluding hydrogens is 406 g/mol. The van der Waals surface area contributed by atoms with Crippen molar-refractivity contribution in [3.05, 3.63) is 11.1 Å². The minimum absolute atomic E-state index is 0.0637. The molecule has 2 saturated heterocycles. The summed E-state index contributed by atoms with van der Waals surface area (Å²) in [5.74, 6) is 5.36. The van der Waals surface area contributed by atoms with Crippen molar-refractivity contribution < 1.29 is 9.53 Å². The Kier molecular flexibility index (Phi) is 6.28. The Hall–Kier alpha value is -0.830. The highest BCUT2D eigenvalue weighted by atomic mass is 16.5. The fourth-order valence-electron chi connectivity index (χ4n) is 9.22. The van der Waals surface area contributed by atoms with E-state index in [1.54, 1.807) is 11.1 Å². The average Bonchev–Trinajstić information content (AvgIpc) is 3.16. The number of carbonyl (C=O) groups excluding carboxylic acids is 1. The van der Waals surface area contributed by atoms with E-state index in [2.05, 4.69) is 46.9 Å². The molecule has 5 rings (SSSR count). The van der Waals surface area contributed by atoms with Gasteiger partial charge in [-0.25, -0.2) is 0 Å². The Morgan fingerprint density at radius 3 is 2.73 bits per heavy atom. The second-order valence-electron chi connectivity index (χ2n) is 13.3. The van der Waals surface area contributed by atoms with Gasteiger partial charge in [-0.2, -0.15) is 0 Å². The highest BCUT2D eigenvalue weighted by molar-refractivity contribution is 5.76. The molecule has 0 aromatic carbocycles. The van der Waals surface area contributed by atoms with Gasteiger partial charge < -0.3 is 10.1 Å². The summed E-state index contributed by atoms with van der Waals surface area (Å²) in [5, 5.41) is 3.23. The molecular formula is C30H49NO2. The molecule has 1 amide bonds. The normalized spacial score (nSPS) is 48.5. The second-order valence-corrected chi connectivity index (χ2v) is 13.3. The molecule has 0 radical (unpaired) electrons. The molecule has 0 bridgehead atoms. The number of amides is 1. The van der Waals surface area contributed by atoms with Crippen LogP contribution in [0.4, 0.5) is 0 Å². The summed E-state index contributed by atoms with van der Waals surface area (Å²) in [6, 6.07) is 0. The Morgan fingerprint density at radius 1 is 1.18 bits per heavy atom. The molecule has 0 unspecified atom stereocenters. The first-order chi connectivity index (χ1) is 15.7. The van der Waals surface area contributed by atoms with Crippen LogP contribution in [0.25, 0.3) is 0 Å². The fraction of sp³-hybridized carbons (Fsp3) is 0.900. The number of hydrogen-bond acceptors (Lipinski definition) is 2. The van der Waals surface area contributed by atoms with E-state index in [0.717, 1.165) is 49.5 Å². The minimum atomic E-state index is 0.0637. The molecule has 5 aliphatic rings. The number of carbonyl (C=O) groups is 1. The maximum Gasteiger partial charge on any atom is 0.220 e. The van der Waals surface area contributed by atoms with E-state index in [-0.39, 0.29) is 11.5 Å². The zero-order chi connectivity index (χ0) is 23.5. The quantitative estimate of drug-likeness (QED) is 0.469. The van der Waals surface area contributed by atoms with E-state index in [1.807, 2.05) is 0 Å². The first-order valence-corrected chi connectivity index (χ1v) is 14.3. The molecule has 1 N–H and O–H groups in total. The van der Waals surface area contributed by atoms with Crippen molar-refractivity contribution >= 4 is 5.91 Å². The third kappa shape index (κ3) is 3.83. The molecule has 186 valence electrons. The standard InChI is InChI=1S/C30H49NO2/c1-7-18(2)14-27-20(4)21(5)30(33-27)13-10-23-24-9-8-22-17-31-28(32)11-12-29(22,6)26(24)15-25(23)19(3)16-30/h18,20-24,26-27H,7-17H2,1-6H3,(H,31,32)/t18-,20+,21-,22-,23+,24+,26+,27-,29+,30+/m1/s1. The van der Waals surface area contributed by atoms with Gasteiger partial charge in [0.1, 0.15) is 0 Å². The fourth-order valence-corrected chi connectivity index (χ4v) is 9.22. The molecule has 0 aromatic heterocycles. The Labute approximate surface area is 202 Å². The molecule has 2 aliphatic heterocycles. The van der Waals surface area contributed by atoms with Crippen LogP contribution in [0.1, 0.15) is 106 Å². The van der Waals surface area contributed by atoms with Crippen molar-refractivity contribution in [1.82, 2.24) is 5.32 Å². The van der Waals surface area contributed by atoms with E-state index in [9.17, 15) is 4.79 Å². The summed E-state index contributed by atoms with van der Waals surface area (Å²) >= 11 is 0. The summed E-state index contributed by atoms with van der Waals surface area (Å²) in [6.45, 7) is 15.6. The molecule has 3 heteroatoms. The van der Waals surface area contributed by atoms with Gasteiger partial charge in [0.05, 0.1) is 11.7 Å². The van der Waals surface area contributed by atoms with Crippen LogP contribution in [-0.2, 0) is 9.53 Å².